The number of hydrogen-bond donors (Lipinski definition) is 0. The molecule has 1 fully saturated rings. The van der Waals surface area contributed by atoms with Gasteiger partial charge >= 0.3 is 6.18 Å². The average molecular weight is 417 g/mol. The number of benzene rings is 2. The van der Waals surface area contributed by atoms with Gasteiger partial charge in [0.1, 0.15) is 5.75 Å². The van der Waals surface area contributed by atoms with Crippen LogP contribution in [0.15, 0.2) is 53.1 Å². The first kappa shape index (κ1) is 19.9. The molecule has 0 radical (unpaired) electrons. The molecule has 0 bridgehead atoms. The van der Waals surface area contributed by atoms with Gasteiger partial charge in [0.25, 0.3) is 5.89 Å². The maximum Gasteiger partial charge on any atom is 0.416 e. The fourth-order valence-electron chi connectivity index (χ4n) is 3.41. The number of halogens is 3. The van der Waals surface area contributed by atoms with Gasteiger partial charge in [-0.3, -0.25) is 4.79 Å². The lowest BCUT2D eigenvalue weighted by molar-refractivity contribution is -0.137. The highest BCUT2D eigenvalue weighted by Gasteiger charge is 2.36. The Balaban J connectivity index is 1.56. The van der Waals surface area contributed by atoms with E-state index in [-0.39, 0.29) is 36.4 Å². The van der Waals surface area contributed by atoms with Crippen LogP contribution in [0.4, 0.5) is 18.9 Å². The Hall–Kier alpha value is -3.36. The number of para-hydroxylation sites is 1. The van der Waals surface area contributed by atoms with E-state index in [0.717, 1.165) is 12.1 Å². The highest BCUT2D eigenvalue weighted by Crippen LogP contribution is 2.36. The summed E-state index contributed by atoms with van der Waals surface area (Å²) in [6.45, 7) is 2.51. The molecule has 4 rings (SSSR count). The molecule has 1 aliphatic heterocycles. The van der Waals surface area contributed by atoms with Crippen molar-refractivity contribution in [1.29, 1.82) is 0 Å². The van der Waals surface area contributed by atoms with E-state index in [0.29, 0.717) is 23.7 Å². The second-order valence-corrected chi connectivity index (χ2v) is 6.84. The van der Waals surface area contributed by atoms with E-state index in [1.54, 1.807) is 12.1 Å². The summed E-state index contributed by atoms with van der Waals surface area (Å²) in [4.78, 5) is 18.2. The summed E-state index contributed by atoms with van der Waals surface area (Å²) in [5.41, 5.74) is 0.0329. The predicted molar refractivity (Wildman–Crippen MR) is 102 cm³/mol. The van der Waals surface area contributed by atoms with Crippen molar-refractivity contribution in [3.8, 4) is 17.2 Å². The van der Waals surface area contributed by atoms with E-state index in [2.05, 4.69) is 10.1 Å². The van der Waals surface area contributed by atoms with Gasteiger partial charge in [0.05, 0.1) is 17.7 Å². The summed E-state index contributed by atoms with van der Waals surface area (Å²) < 4.78 is 49.9. The molecule has 1 saturated heterocycles. The molecule has 0 spiro atoms. The largest absolute Gasteiger partial charge is 0.493 e. The quantitative estimate of drug-likeness (QED) is 0.603. The smallest absolute Gasteiger partial charge is 0.416 e. The zero-order valence-electron chi connectivity index (χ0n) is 16.0. The molecular weight excluding hydrogens is 399 g/mol. The van der Waals surface area contributed by atoms with Crippen LogP contribution in [0.1, 0.15) is 30.7 Å². The van der Waals surface area contributed by atoms with Crippen LogP contribution in [0.2, 0.25) is 0 Å². The van der Waals surface area contributed by atoms with Gasteiger partial charge in [-0.1, -0.05) is 23.4 Å². The molecule has 1 aromatic heterocycles. The topological polar surface area (TPSA) is 68.5 Å². The van der Waals surface area contributed by atoms with Crippen LogP contribution in [-0.4, -0.2) is 29.2 Å². The van der Waals surface area contributed by atoms with Gasteiger partial charge in [-0.25, -0.2) is 0 Å². The lowest BCUT2D eigenvalue weighted by atomic mass is 10.1. The molecule has 6 nitrogen and oxygen atoms in total. The van der Waals surface area contributed by atoms with Gasteiger partial charge in [-0.2, -0.15) is 18.2 Å². The minimum Gasteiger partial charge on any atom is -0.493 e. The predicted octanol–water partition coefficient (Wildman–Crippen LogP) is 4.67. The van der Waals surface area contributed by atoms with E-state index in [1.807, 2.05) is 19.1 Å². The molecular formula is C21H18F3N3O3. The van der Waals surface area contributed by atoms with E-state index < -0.39 is 11.7 Å². The molecule has 30 heavy (non-hydrogen) atoms. The van der Waals surface area contributed by atoms with Crippen LogP contribution in [-0.2, 0) is 11.0 Å². The van der Waals surface area contributed by atoms with Crippen molar-refractivity contribution in [2.75, 3.05) is 18.1 Å². The molecule has 0 N–H and O–H groups in total. The average Bonchev–Trinajstić information content (AvgIpc) is 3.35. The van der Waals surface area contributed by atoms with Crippen molar-refractivity contribution >= 4 is 11.6 Å². The first-order valence-corrected chi connectivity index (χ1v) is 9.40. The summed E-state index contributed by atoms with van der Waals surface area (Å²) in [6.07, 6.45) is -4.39. The Morgan fingerprint density at radius 2 is 2.00 bits per heavy atom. The van der Waals surface area contributed by atoms with Crippen molar-refractivity contribution in [2.24, 2.45) is 0 Å². The van der Waals surface area contributed by atoms with Gasteiger partial charge in [0.15, 0.2) is 5.82 Å². The van der Waals surface area contributed by atoms with Crippen molar-refractivity contribution in [2.45, 2.75) is 25.4 Å². The maximum absolute atomic E-state index is 13.0. The molecule has 2 aromatic carbocycles. The number of alkyl halides is 3. The van der Waals surface area contributed by atoms with Crippen LogP contribution < -0.4 is 9.64 Å². The minimum absolute atomic E-state index is 0.0856. The number of aromatic nitrogens is 2. The van der Waals surface area contributed by atoms with Crippen LogP contribution in [0.3, 0.4) is 0 Å². The zero-order valence-corrected chi connectivity index (χ0v) is 16.0. The number of anilines is 1. The van der Waals surface area contributed by atoms with E-state index in [9.17, 15) is 18.0 Å². The number of hydrogen-bond acceptors (Lipinski definition) is 5. The Kier molecular flexibility index (Phi) is 5.19. The third-order valence-electron chi connectivity index (χ3n) is 4.83. The molecule has 1 unspecified atom stereocenters. The van der Waals surface area contributed by atoms with Gasteiger partial charge in [0.2, 0.25) is 5.91 Å². The van der Waals surface area contributed by atoms with Gasteiger partial charge in [-0.05, 0) is 37.3 Å². The normalized spacial score (nSPS) is 16.9. The molecule has 0 aliphatic carbocycles. The Morgan fingerprint density at radius 3 is 2.77 bits per heavy atom. The first-order valence-electron chi connectivity index (χ1n) is 9.40. The summed E-state index contributed by atoms with van der Waals surface area (Å²) in [5, 5.41) is 3.99. The molecule has 156 valence electrons. The van der Waals surface area contributed by atoms with Crippen molar-refractivity contribution < 1.29 is 27.2 Å². The monoisotopic (exact) mass is 417 g/mol. The standard InChI is InChI=1S/C21H18F3N3O3/c1-2-29-17-9-4-3-8-16(17)20-25-19(26-30-20)13-10-18(28)27(12-13)15-7-5-6-14(11-15)21(22,23)24/h3-9,11,13H,2,10,12H2,1H3. The highest BCUT2D eigenvalue weighted by atomic mass is 19.4. The van der Waals surface area contributed by atoms with Crippen molar-refractivity contribution in [3.63, 3.8) is 0 Å². The Bertz CT molecular complexity index is 1060. The van der Waals surface area contributed by atoms with Crippen molar-refractivity contribution in [1.82, 2.24) is 10.1 Å². The highest BCUT2D eigenvalue weighted by molar-refractivity contribution is 5.96. The number of carbonyl (C=O) groups excluding carboxylic acids is 1. The summed E-state index contributed by atoms with van der Waals surface area (Å²) in [7, 11) is 0. The molecule has 1 atom stereocenters. The van der Waals surface area contributed by atoms with Gasteiger partial charge in [-0.15, -0.1) is 0 Å². The molecule has 2 heterocycles. The zero-order chi connectivity index (χ0) is 21.3. The van der Waals surface area contributed by atoms with Gasteiger partial charge < -0.3 is 14.2 Å². The third kappa shape index (κ3) is 3.87. The van der Waals surface area contributed by atoms with Crippen LogP contribution >= 0.6 is 0 Å². The number of nitrogens with zero attached hydrogens (tertiary/aromatic N) is 3. The fraction of sp³-hybridized carbons (Fsp3) is 0.286. The second-order valence-electron chi connectivity index (χ2n) is 6.84. The van der Waals surface area contributed by atoms with E-state index >= 15 is 0 Å². The number of ether oxygens (including phenoxy) is 1. The maximum atomic E-state index is 13.0. The summed E-state index contributed by atoms with van der Waals surface area (Å²) in [6, 6.07) is 11.9. The molecule has 9 heteroatoms. The van der Waals surface area contributed by atoms with Crippen LogP contribution in [0.5, 0.6) is 5.75 Å². The summed E-state index contributed by atoms with van der Waals surface area (Å²) in [5.74, 6) is 0.519. The number of rotatable bonds is 5. The fourth-order valence-corrected chi connectivity index (χ4v) is 3.41. The lowest BCUT2D eigenvalue weighted by Crippen LogP contribution is -2.24. The summed E-state index contributed by atoms with van der Waals surface area (Å²) >= 11 is 0. The number of amides is 1. The molecule has 3 aromatic rings. The lowest BCUT2D eigenvalue weighted by Gasteiger charge is -2.18. The molecule has 1 aliphatic rings. The van der Waals surface area contributed by atoms with E-state index in [1.165, 1.54) is 17.0 Å². The third-order valence-corrected chi connectivity index (χ3v) is 4.83. The first-order chi connectivity index (χ1) is 14.4. The van der Waals surface area contributed by atoms with E-state index in [4.69, 9.17) is 9.26 Å². The van der Waals surface area contributed by atoms with Crippen LogP contribution in [0.25, 0.3) is 11.5 Å². The van der Waals surface area contributed by atoms with Crippen LogP contribution in [0, 0.1) is 0 Å². The van der Waals surface area contributed by atoms with Crippen molar-refractivity contribution in [3.05, 3.63) is 59.9 Å². The minimum atomic E-state index is -4.48. The second kappa shape index (κ2) is 7.81. The molecule has 1 amide bonds. The number of carbonyl (C=O) groups is 1. The molecule has 0 saturated carbocycles. The van der Waals surface area contributed by atoms with Gasteiger partial charge in [0, 0.05) is 24.6 Å². The Morgan fingerprint density at radius 1 is 1.20 bits per heavy atom. The Labute approximate surface area is 170 Å². The SMILES string of the molecule is CCOc1ccccc1-c1nc(C2CC(=O)N(c3cccc(C(F)(F)F)c3)C2)no1.